The van der Waals surface area contributed by atoms with Crippen LogP contribution in [0.4, 0.5) is 0 Å². The van der Waals surface area contributed by atoms with E-state index in [0.29, 0.717) is 0 Å². The highest BCUT2D eigenvalue weighted by Gasteiger charge is 2.21. The molecule has 4 heteroatoms. The van der Waals surface area contributed by atoms with Gasteiger partial charge in [-0.3, -0.25) is 0 Å². The summed E-state index contributed by atoms with van der Waals surface area (Å²) in [5.41, 5.74) is 14.7. The number of benzene rings is 1. The van der Waals surface area contributed by atoms with Crippen molar-refractivity contribution in [2.24, 2.45) is 11.5 Å². The molecule has 16 heavy (non-hydrogen) atoms. The van der Waals surface area contributed by atoms with Crippen LogP contribution in [0, 0.1) is 13.8 Å². The van der Waals surface area contributed by atoms with E-state index in [4.69, 9.17) is 27.8 Å². The number of ether oxygens (including phenoxy) is 1. The second kappa shape index (κ2) is 5.04. The molecule has 0 bridgehead atoms. The van der Waals surface area contributed by atoms with Gasteiger partial charge in [-0.15, -0.1) is 0 Å². The summed E-state index contributed by atoms with van der Waals surface area (Å²) in [7, 11) is 1.62. The maximum atomic E-state index is 6.21. The first kappa shape index (κ1) is 13.3. The molecule has 0 heterocycles. The second-order valence-corrected chi connectivity index (χ2v) is 4.51. The van der Waals surface area contributed by atoms with Crippen LogP contribution in [0.25, 0.3) is 0 Å². The highest BCUT2D eigenvalue weighted by atomic mass is 35.5. The average Bonchev–Trinajstić information content (AvgIpc) is 2.24. The molecule has 90 valence electrons. The van der Waals surface area contributed by atoms with E-state index in [1.54, 1.807) is 7.11 Å². The van der Waals surface area contributed by atoms with E-state index in [-0.39, 0.29) is 12.1 Å². The Morgan fingerprint density at radius 2 is 1.88 bits per heavy atom. The van der Waals surface area contributed by atoms with Crippen molar-refractivity contribution < 1.29 is 4.74 Å². The predicted octanol–water partition coefficient (Wildman–Crippen LogP) is 2.31. The molecule has 0 aliphatic heterocycles. The lowest BCUT2D eigenvalue weighted by molar-refractivity contribution is 0.401. The Hall–Kier alpha value is -0.770. The Morgan fingerprint density at radius 3 is 2.31 bits per heavy atom. The fraction of sp³-hybridized carbons (Fsp3) is 0.500. The molecule has 0 spiro atoms. The van der Waals surface area contributed by atoms with E-state index >= 15 is 0 Å². The van der Waals surface area contributed by atoms with E-state index in [2.05, 4.69) is 0 Å². The first-order valence-corrected chi connectivity index (χ1v) is 5.62. The molecule has 2 unspecified atom stereocenters. The fourth-order valence-electron chi connectivity index (χ4n) is 1.78. The zero-order valence-electron chi connectivity index (χ0n) is 10.2. The van der Waals surface area contributed by atoms with Crippen molar-refractivity contribution in [3.63, 3.8) is 0 Å². The first-order chi connectivity index (χ1) is 7.40. The Balaban J connectivity index is 3.41. The van der Waals surface area contributed by atoms with Crippen molar-refractivity contribution in [2.75, 3.05) is 7.11 Å². The summed E-state index contributed by atoms with van der Waals surface area (Å²) in [4.78, 5) is 0. The Kier molecular flexibility index (Phi) is 4.19. The van der Waals surface area contributed by atoms with Crippen molar-refractivity contribution in [1.82, 2.24) is 0 Å². The van der Waals surface area contributed by atoms with Crippen LogP contribution in [0.1, 0.15) is 29.7 Å². The molecule has 0 aromatic heterocycles. The Bertz CT molecular complexity index is 391. The van der Waals surface area contributed by atoms with Crippen molar-refractivity contribution in [3.05, 3.63) is 27.8 Å². The molecule has 0 fully saturated rings. The number of hydrogen-bond acceptors (Lipinski definition) is 3. The quantitative estimate of drug-likeness (QED) is 0.855. The lowest BCUT2D eigenvalue weighted by Crippen LogP contribution is -2.32. The maximum Gasteiger partial charge on any atom is 0.124 e. The van der Waals surface area contributed by atoms with Crippen LogP contribution >= 0.6 is 11.6 Å². The van der Waals surface area contributed by atoms with Crippen LogP contribution in [0.3, 0.4) is 0 Å². The molecule has 0 amide bonds. The van der Waals surface area contributed by atoms with Gasteiger partial charge in [-0.2, -0.15) is 0 Å². The van der Waals surface area contributed by atoms with Crippen molar-refractivity contribution >= 4 is 11.6 Å². The van der Waals surface area contributed by atoms with Crippen LogP contribution in [-0.2, 0) is 0 Å². The minimum absolute atomic E-state index is 0.147. The van der Waals surface area contributed by atoms with Gasteiger partial charge < -0.3 is 16.2 Å². The number of aryl methyl sites for hydroxylation is 1. The first-order valence-electron chi connectivity index (χ1n) is 5.24. The summed E-state index contributed by atoms with van der Waals surface area (Å²) in [6, 6.07) is 1.48. The fourth-order valence-corrected chi connectivity index (χ4v) is 1.94. The number of halogens is 1. The van der Waals surface area contributed by atoms with Gasteiger partial charge in [0.25, 0.3) is 0 Å². The third kappa shape index (κ3) is 2.32. The zero-order valence-corrected chi connectivity index (χ0v) is 10.9. The van der Waals surface area contributed by atoms with Crippen LogP contribution in [0.2, 0.25) is 5.02 Å². The molecule has 1 rings (SSSR count). The highest BCUT2D eigenvalue weighted by Crippen LogP contribution is 2.35. The van der Waals surface area contributed by atoms with Gasteiger partial charge >= 0.3 is 0 Å². The number of methoxy groups -OCH3 is 1. The Labute approximate surface area is 102 Å². The van der Waals surface area contributed by atoms with Crippen molar-refractivity contribution in [2.45, 2.75) is 32.9 Å². The van der Waals surface area contributed by atoms with Crippen molar-refractivity contribution in [3.8, 4) is 5.75 Å². The molecule has 0 aliphatic carbocycles. The molecular formula is C12H19ClN2O. The minimum atomic E-state index is -0.270. The molecular weight excluding hydrogens is 224 g/mol. The van der Waals surface area contributed by atoms with Crippen LogP contribution in [0.5, 0.6) is 5.75 Å². The van der Waals surface area contributed by atoms with E-state index in [9.17, 15) is 0 Å². The van der Waals surface area contributed by atoms with Gasteiger partial charge in [-0.1, -0.05) is 11.6 Å². The van der Waals surface area contributed by atoms with Crippen molar-refractivity contribution in [1.29, 1.82) is 0 Å². The molecule has 1 aromatic carbocycles. The van der Waals surface area contributed by atoms with Crippen LogP contribution < -0.4 is 16.2 Å². The smallest absolute Gasteiger partial charge is 0.124 e. The van der Waals surface area contributed by atoms with Gasteiger partial charge in [0.05, 0.1) is 7.11 Å². The van der Waals surface area contributed by atoms with Gasteiger partial charge in [0.15, 0.2) is 0 Å². The van der Waals surface area contributed by atoms with Gasteiger partial charge in [0.1, 0.15) is 5.75 Å². The number of rotatable bonds is 3. The molecule has 4 N–H and O–H groups in total. The Morgan fingerprint density at radius 1 is 1.31 bits per heavy atom. The van der Waals surface area contributed by atoms with Crippen LogP contribution in [-0.4, -0.2) is 13.2 Å². The molecule has 0 saturated carbocycles. The summed E-state index contributed by atoms with van der Waals surface area (Å²) in [6.07, 6.45) is 0. The third-order valence-corrected chi connectivity index (χ3v) is 3.39. The molecule has 0 radical (unpaired) electrons. The summed E-state index contributed by atoms with van der Waals surface area (Å²) >= 11 is 6.21. The molecule has 1 aromatic rings. The number of hydrogen-bond donors (Lipinski definition) is 2. The summed E-state index contributed by atoms with van der Waals surface area (Å²) < 4.78 is 5.34. The standard InChI is InChI=1S/C12H19ClN2O/c1-6-5-9(16-4)10(7(2)11(6)13)12(15)8(3)14/h5,8,12H,14-15H2,1-4H3. The predicted molar refractivity (Wildman–Crippen MR) is 68.1 cm³/mol. The normalized spacial score (nSPS) is 14.7. The monoisotopic (exact) mass is 242 g/mol. The molecule has 0 aliphatic rings. The third-order valence-electron chi connectivity index (χ3n) is 2.81. The van der Waals surface area contributed by atoms with E-state index in [1.807, 2.05) is 26.8 Å². The lowest BCUT2D eigenvalue weighted by Gasteiger charge is -2.22. The van der Waals surface area contributed by atoms with E-state index in [0.717, 1.165) is 27.5 Å². The number of nitrogens with two attached hydrogens (primary N) is 2. The summed E-state index contributed by atoms with van der Waals surface area (Å²) in [5.74, 6) is 0.754. The van der Waals surface area contributed by atoms with Gasteiger partial charge in [0, 0.05) is 22.7 Å². The molecule has 3 nitrogen and oxygen atoms in total. The van der Waals surface area contributed by atoms with E-state index < -0.39 is 0 Å². The van der Waals surface area contributed by atoms with Gasteiger partial charge in [-0.05, 0) is 38.0 Å². The second-order valence-electron chi connectivity index (χ2n) is 4.13. The van der Waals surface area contributed by atoms with E-state index in [1.165, 1.54) is 0 Å². The molecule has 2 atom stereocenters. The van der Waals surface area contributed by atoms with Gasteiger partial charge in [-0.25, -0.2) is 0 Å². The SMILES string of the molecule is COc1cc(C)c(Cl)c(C)c1C(N)C(C)N. The molecule has 0 saturated heterocycles. The zero-order chi connectivity index (χ0) is 12.5. The summed E-state index contributed by atoms with van der Waals surface area (Å²) in [5, 5.41) is 0.729. The summed E-state index contributed by atoms with van der Waals surface area (Å²) in [6.45, 7) is 5.76. The minimum Gasteiger partial charge on any atom is -0.496 e. The maximum absolute atomic E-state index is 6.21. The lowest BCUT2D eigenvalue weighted by atomic mass is 9.94. The largest absolute Gasteiger partial charge is 0.496 e. The highest BCUT2D eigenvalue weighted by molar-refractivity contribution is 6.32. The van der Waals surface area contributed by atoms with Gasteiger partial charge in [0.2, 0.25) is 0 Å². The topological polar surface area (TPSA) is 61.3 Å². The van der Waals surface area contributed by atoms with Crippen LogP contribution in [0.15, 0.2) is 6.07 Å². The average molecular weight is 243 g/mol.